The summed E-state index contributed by atoms with van der Waals surface area (Å²) in [7, 11) is 0. The van der Waals surface area contributed by atoms with E-state index >= 15 is 0 Å². The number of carbonyl (C=O) groups is 1. The van der Waals surface area contributed by atoms with Crippen molar-refractivity contribution in [2.45, 2.75) is 26.4 Å². The maximum atomic E-state index is 11.4. The predicted octanol–water partition coefficient (Wildman–Crippen LogP) is 3.46. The van der Waals surface area contributed by atoms with Crippen molar-refractivity contribution < 1.29 is 9.53 Å². The summed E-state index contributed by atoms with van der Waals surface area (Å²) in [6.07, 6.45) is 3.22. The van der Waals surface area contributed by atoms with Crippen LogP contribution in [0.15, 0.2) is 24.3 Å². The average molecular weight is 283 g/mol. The Balaban J connectivity index is 2.42. The van der Waals surface area contributed by atoms with Crippen LogP contribution >= 0.6 is 11.6 Å². The van der Waals surface area contributed by atoms with Gasteiger partial charge in [0.2, 0.25) is 0 Å². The van der Waals surface area contributed by atoms with Crippen LogP contribution in [-0.4, -0.2) is 18.2 Å². The maximum absolute atomic E-state index is 11.4. The van der Waals surface area contributed by atoms with Crippen molar-refractivity contribution in [3.8, 4) is 0 Å². The smallest absolute Gasteiger partial charge is 0.407 e. The predicted molar refractivity (Wildman–Crippen MR) is 79.1 cm³/mol. The normalized spacial score (nSPS) is 11.6. The molecule has 0 bridgehead atoms. The molecule has 0 radical (unpaired) electrons. The van der Waals surface area contributed by atoms with Gasteiger partial charge in [-0.25, -0.2) is 4.79 Å². The average Bonchev–Trinajstić information content (AvgIpc) is 2.27. The van der Waals surface area contributed by atoms with E-state index in [1.165, 1.54) is 0 Å². The van der Waals surface area contributed by atoms with Gasteiger partial charge in [0.25, 0.3) is 0 Å². The van der Waals surface area contributed by atoms with Crippen LogP contribution < -0.4 is 11.1 Å². The van der Waals surface area contributed by atoms with Gasteiger partial charge in [-0.3, -0.25) is 0 Å². The Morgan fingerprint density at radius 3 is 2.74 bits per heavy atom. The summed E-state index contributed by atoms with van der Waals surface area (Å²) in [5.74, 6) is 0. The molecule has 0 spiro atoms. The van der Waals surface area contributed by atoms with Crippen LogP contribution in [0.2, 0.25) is 5.02 Å². The first-order valence-corrected chi connectivity index (χ1v) is 6.34. The second kappa shape index (κ2) is 6.48. The molecule has 19 heavy (non-hydrogen) atoms. The van der Waals surface area contributed by atoms with Crippen molar-refractivity contribution in [2.75, 3.05) is 12.3 Å². The Hall–Kier alpha value is -1.68. The lowest BCUT2D eigenvalue weighted by Gasteiger charge is -2.19. The van der Waals surface area contributed by atoms with E-state index in [0.717, 1.165) is 5.56 Å². The van der Waals surface area contributed by atoms with E-state index in [1.54, 1.807) is 12.1 Å². The molecule has 1 aromatic rings. The van der Waals surface area contributed by atoms with Crippen molar-refractivity contribution in [1.29, 1.82) is 0 Å². The van der Waals surface area contributed by atoms with Gasteiger partial charge in [0.1, 0.15) is 5.60 Å². The first-order chi connectivity index (χ1) is 8.78. The number of ether oxygens (including phenoxy) is 1. The Bertz CT molecular complexity index is 479. The molecule has 0 aromatic heterocycles. The number of alkyl carbamates (subject to hydrolysis) is 1. The molecule has 0 atom stereocenters. The summed E-state index contributed by atoms with van der Waals surface area (Å²) in [4.78, 5) is 11.4. The van der Waals surface area contributed by atoms with E-state index in [1.807, 2.05) is 39.0 Å². The van der Waals surface area contributed by atoms with Gasteiger partial charge in [0.05, 0.1) is 10.7 Å². The molecule has 1 rings (SSSR count). The van der Waals surface area contributed by atoms with Crippen LogP contribution in [0.5, 0.6) is 0 Å². The van der Waals surface area contributed by atoms with E-state index in [2.05, 4.69) is 5.32 Å². The molecule has 0 heterocycles. The molecule has 0 aliphatic rings. The summed E-state index contributed by atoms with van der Waals surface area (Å²) in [5.41, 5.74) is 6.59. The van der Waals surface area contributed by atoms with E-state index in [4.69, 9.17) is 22.1 Å². The molecule has 0 aliphatic heterocycles. The summed E-state index contributed by atoms with van der Waals surface area (Å²) >= 11 is 5.90. The van der Waals surface area contributed by atoms with E-state index in [9.17, 15) is 4.79 Å². The highest BCUT2D eigenvalue weighted by Crippen LogP contribution is 2.20. The highest BCUT2D eigenvalue weighted by Gasteiger charge is 2.14. The summed E-state index contributed by atoms with van der Waals surface area (Å²) < 4.78 is 5.10. The number of nitrogen functional groups attached to an aromatic ring is 1. The fraction of sp³-hybridized carbons (Fsp3) is 0.357. The van der Waals surface area contributed by atoms with Crippen LogP contribution in [0.3, 0.4) is 0 Å². The Kier molecular flexibility index (Phi) is 5.24. The minimum atomic E-state index is -0.488. The van der Waals surface area contributed by atoms with Crippen LogP contribution in [0.4, 0.5) is 10.5 Å². The standard InChI is InChI=1S/C14H19ClN2O2/c1-14(2,3)19-13(18)17-8-4-5-10-6-7-12(16)11(15)9-10/h4-7,9H,8,16H2,1-3H3,(H,17,18). The number of carbonyl (C=O) groups excluding carboxylic acids is 1. The summed E-state index contributed by atoms with van der Waals surface area (Å²) in [5, 5.41) is 3.15. The third-order valence-corrected chi connectivity index (χ3v) is 2.43. The highest BCUT2D eigenvalue weighted by atomic mass is 35.5. The van der Waals surface area contributed by atoms with Crippen LogP contribution in [-0.2, 0) is 4.74 Å². The number of amides is 1. The number of nitrogens with two attached hydrogens (primary N) is 1. The third-order valence-electron chi connectivity index (χ3n) is 2.10. The largest absolute Gasteiger partial charge is 0.444 e. The lowest BCUT2D eigenvalue weighted by molar-refractivity contribution is 0.0534. The van der Waals surface area contributed by atoms with Crippen LogP contribution in [0.25, 0.3) is 6.08 Å². The number of nitrogens with one attached hydrogen (secondary N) is 1. The molecule has 1 aromatic carbocycles. The third kappa shape index (κ3) is 6.15. The molecular weight excluding hydrogens is 264 g/mol. The second-order valence-corrected chi connectivity index (χ2v) is 5.47. The molecule has 3 N–H and O–H groups in total. The zero-order valence-corrected chi connectivity index (χ0v) is 12.1. The maximum Gasteiger partial charge on any atom is 0.407 e. The first-order valence-electron chi connectivity index (χ1n) is 5.96. The number of anilines is 1. The fourth-order valence-electron chi connectivity index (χ4n) is 1.30. The number of benzene rings is 1. The molecule has 104 valence electrons. The van der Waals surface area contributed by atoms with E-state index in [-0.39, 0.29) is 0 Å². The van der Waals surface area contributed by atoms with Crippen LogP contribution in [0, 0.1) is 0 Å². The molecule has 0 unspecified atom stereocenters. The van der Waals surface area contributed by atoms with Gasteiger partial charge in [-0.2, -0.15) is 0 Å². The Morgan fingerprint density at radius 2 is 2.16 bits per heavy atom. The van der Waals surface area contributed by atoms with Gasteiger partial charge in [-0.15, -0.1) is 0 Å². The molecular formula is C14H19ClN2O2. The molecule has 5 heteroatoms. The lowest BCUT2D eigenvalue weighted by Crippen LogP contribution is -2.32. The molecule has 4 nitrogen and oxygen atoms in total. The Labute approximate surface area is 118 Å². The second-order valence-electron chi connectivity index (χ2n) is 5.07. The fourth-order valence-corrected chi connectivity index (χ4v) is 1.49. The first kappa shape index (κ1) is 15.4. The van der Waals surface area contributed by atoms with E-state index < -0.39 is 11.7 Å². The molecule has 1 amide bonds. The van der Waals surface area contributed by atoms with Gasteiger partial charge in [-0.1, -0.05) is 29.8 Å². The minimum absolute atomic E-state index is 0.386. The Morgan fingerprint density at radius 1 is 1.47 bits per heavy atom. The van der Waals surface area contributed by atoms with Gasteiger partial charge in [0, 0.05) is 6.54 Å². The van der Waals surface area contributed by atoms with Gasteiger partial charge in [0.15, 0.2) is 0 Å². The van der Waals surface area contributed by atoms with Crippen molar-refractivity contribution in [1.82, 2.24) is 5.32 Å². The van der Waals surface area contributed by atoms with Crippen LogP contribution in [0.1, 0.15) is 26.3 Å². The lowest BCUT2D eigenvalue weighted by atomic mass is 10.2. The highest BCUT2D eigenvalue weighted by molar-refractivity contribution is 6.33. The monoisotopic (exact) mass is 282 g/mol. The molecule has 0 saturated heterocycles. The van der Waals surface area contributed by atoms with Crippen molar-refractivity contribution in [3.05, 3.63) is 34.9 Å². The van der Waals surface area contributed by atoms with Gasteiger partial charge < -0.3 is 15.8 Å². The zero-order valence-electron chi connectivity index (χ0n) is 11.4. The topological polar surface area (TPSA) is 64.3 Å². The van der Waals surface area contributed by atoms with Gasteiger partial charge in [-0.05, 0) is 38.5 Å². The molecule has 0 saturated carbocycles. The zero-order chi connectivity index (χ0) is 14.5. The molecule has 0 fully saturated rings. The summed E-state index contributed by atoms with van der Waals surface area (Å²) in [6, 6.07) is 5.36. The number of hydrogen-bond acceptors (Lipinski definition) is 3. The SMILES string of the molecule is CC(C)(C)OC(=O)NCC=Cc1ccc(N)c(Cl)c1. The number of hydrogen-bond donors (Lipinski definition) is 2. The minimum Gasteiger partial charge on any atom is -0.444 e. The van der Waals surface area contributed by atoms with Gasteiger partial charge >= 0.3 is 6.09 Å². The summed E-state index contributed by atoms with van der Waals surface area (Å²) in [6.45, 7) is 5.84. The van der Waals surface area contributed by atoms with Crippen molar-refractivity contribution >= 4 is 29.5 Å². The van der Waals surface area contributed by atoms with Crippen molar-refractivity contribution in [3.63, 3.8) is 0 Å². The van der Waals surface area contributed by atoms with E-state index in [0.29, 0.717) is 17.3 Å². The molecule has 0 aliphatic carbocycles. The van der Waals surface area contributed by atoms with Crippen molar-refractivity contribution in [2.24, 2.45) is 0 Å². The quantitative estimate of drug-likeness (QED) is 0.835. The number of halogens is 1. The number of rotatable bonds is 3.